The third kappa shape index (κ3) is 6.57. The lowest BCUT2D eigenvalue weighted by Gasteiger charge is -2.19. The highest BCUT2D eigenvalue weighted by molar-refractivity contribution is 5.75. The van der Waals surface area contributed by atoms with Crippen molar-refractivity contribution in [3.05, 3.63) is 30.3 Å². The molecule has 0 aromatic heterocycles. The second-order valence-electron chi connectivity index (χ2n) is 5.25. The van der Waals surface area contributed by atoms with E-state index in [1.165, 1.54) is 5.69 Å². The molecule has 4 heteroatoms. The molecule has 0 spiro atoms. The summed E-state index contributed by atoms with van der Waals surface area (Å²) in [7, 11) is 5.72. The largest absolute Gasteiger partial charge is 0.375 e. The topological polar surface area (TPSA) is 35.6 Å². The normalized spacial score (nSPS) is 10.3. The van der Waals surface area contributed by atoms with Crippen LogP contribution in [0.25, 0.3) is 0 Å². The lowest BCUT2D eigenvalue weighted by Crippen LogP contribution is -2.26. The smallest absolute Gasteiger partial charge is 0.222 e. The molecular weight excluding hydrogens is 250 g/mol. The highest BCUT2D eigenvalue weighted by Crippen LogP contribution is 2.10. The third-order valence-corrected chi connectivity index (χ3v) is 3.29. The van der Waals surface area contributed by atoms with Crippen LogP contribution in [0.15, 0.2) is 30.3 Å². The van der Waals surface area contributed by atoms with Gasteiger partial charge in [-0.25, -0.2) is 0 Å². The number of carbonyl (C=O) groups is 1. The van der Waals surface area contributed by atoms with Crippen LogP contribution < -0.4 is 10.2 Å². The number of para-hydroxylation sites is 1. The van der Waals surface area contributed by atoms with E-state index in [-0.39, 0.29) is 5.91 Å². The number of benzene rings is 1. The molecule has 112 valence electrons. The molecule has 0 bridgehead atoms. The first-order valence-corrected chi connectivity index (χ1v) is 7.28. The predicted molar refractivity (Wildman–Crippen MR) is 85.1 cm³/mol. The van der Waals surface area contributed by atoms with Crippen molar-refractivity contribution in [3.63, 3.8) is 0 Å². The van der Waals surface area contributed by atoms with E-state index < -0.39 is 0 Å². The van der Waals surface area contributed by atoms with Crippen LogP contribution in [0.2, 0.25) is 0 Å². The minimum absolute atomic E-state index is 0.204. The maximum atomic E-state index is 11.4. The molecule has 0 saturated carbocycles. The predicted octanol–water partition coefficient (Wildman–Crippen LogP) is 1.97. The Morgan fingerprint density at radius 2 is 1.70 bits per heavy atom. The molecule has 0 fully saturated rings. The van der Waals surface area contributed by atoms with E-state index in [9.17, 15) is 4.79 Å². The van der Waals surface area contributed by atoms with Crippen LogP contribution in [-0.4, -0.2) is 51.6 Å². The fraction of sp³-hybridized carbons (Fsp3) is 0.562. The number of anilines is 1. The Morgan fingerprint density at radius 3 is 2.35 bits per heavy atom. The number of nitrogens with one attached hydrogen (secondary N) is 1. The van der Waals surface area contributed by atoms with E-state index in [1.807, 2.05) is 6.07 Å². The maximum Gasteiger partial charge on any atom is 0.222 e. The number of hydrogen-bond donors (Lipinski definition) is 1. The fourth-order valence-corrected chi connectivity index (χ4v) is 1.97. The van der Waals surface area contributed by atoms with Gasteiger partial charge in [-0.15, -0.1) is 0 Å². The van der Waals surface area contributed by atoms with E-state index >= 15 is 0 Å². The van der Waals surface area contributed by atoms with E-state index in [1.54, 1.807) is 19.0 Å². The molecule has 0 aliphatic heterocycles. The molecule has 1 aromatic rings. The van der Waals surface area contributed by atoms with Crippen molar-refractivity contribution in [1.29, 1.82) is 0 Å². The van der Waals surface area contributed by atoms with Crippen molar-refractivity contribution in [3.8, 4) is 0 Å². The van der Waals surface area contributed by atoms with Gasteiger partial charge in [0.1, 0.15) is 0 Å². The average Bonchev–Trinajstić information content (AvgIpc) is 2.46. The summed E-state index contributed by atoms with van der Waals surface area (Å²) in [6.07, 6.45) is 2.64. The SMILES string of the molecule is CN(C)C(=O)CCCNCCCN(C)c1ccccc1. The van der Waals surface area contributed by atoms with Gasteiger partial charge in [-0.3, -0.25) is 4.79 Å². The molecule has 1 amide bonds. The van der Waals surface area contributed by atoms with Gasteiger partial charge < -0.3 is 15.1 Å². The molecule has 1 rings (SSSR count). The lowest BCUT2D eigenvalue weighted by atomic mass is 10.2. The Kier molecular flexibility index (Phi) is 7.73. The van der Waals surface area contributed by atoms with Gasteiger partial charge >= 0.3 is 0 Å². The maximum absolute atomic E-state index is 11.4. The van der Waals surface area contributed by atoms with Crippen molar-refractivity contribution in [2.75, 3.05) is 45.7 Å². The van der Waals surface area contributed by atoms with Gasteiger partial charge in [0.25, 0.3) is 0 Å². The van der Waals surface area contributed by atoms with E-state index in [0.717, 1.165) is 32.5 Å². The lowest BCUT2D eigenvalue weighted by molar-refractivity contribution is -0.128. The summed E-state index contributed by atoms with van der Waals surface area (Å²) in [5.74, 6) is 0.204. The Hall–Kier alpha value is -1.55. The number of nitrogens with zero attached hydrogens (tertiary/aromatic N) is 2. The first-order valence-electron chi connectivity index (χ1n) is 7.28. The monoisotopic (exact) mass is 277 g/mol. The Bertz CT molecular complexity index is 379. The van der Waals surface area contributed by atoms with Gasteiger partial charge in [0.15, 0.2) is 0 Å². The summed E-state index contributed by atoms with van der Waals surface area (Å²) in [6, 6.07) is 10.4. The zero-order chi connectivity index (χ0) is 14.8. The highest BCUT2D eigenvalue weighted by Gasteiger charge is 2.02. The van der Waals surface area contributed by atoms with Gasteiger partial charge in [0.2, 0.25) is 5.91 Å². The summed E-state index contributed by atoms with van der Waals surface area (Å²) in [5, 5.41) is 3.39. The summed E-state index contributed by atoms with van der Waals surface area (Å²) >= 11 is 0. The van der Waals surface area contributed by atoms with Crippen molar-refractivity contribution in [1.82, 2.24) is 10.2 Å². The summed E-state index contributed by atoms with van der Waals surface area (Å²) in [6.45, 7) is 2.94. The molecule has 1 N–H and O–H groups in total. The summed E-state index contributed by atoms with van der Waals surface area (Å²) in [4.78, 5) is 15.3. The molecule has 0 saturated heterocycles. The van der Waals surface area contributed by atoms with Gasteiger partial charge in [-0.05, 0) is 38.1 Å². The number of carbonyl (C=O) groups excluding carboxylic acids is 1. The quantitative estimate of drug-likeness (QED) is 0.701. The zero-order valence-electron chi connectivity index (χ0n) is 12.9. The minimum atomic E-state index is 0.204. The highest BCUT2D eigenvalue weighted by atomic mass is 16.2. The minimum Gasteiger partial charge on any atom is -0.375 e. The Morgan fingerprint density at radius 1 is 1.05 bits per heavy atom. The molecule has 1 aromatic carbocycles. The first kappa shape index (κ1) is 16.5. The molecule has 0 unspecified atom stereocenters. The second-order valence-corrected chi connectivity index (χ2v) is 5.25. The average molecular weight is 277 g/mol. The third-order valence-electron chi connectivity index (χ3n) is 3.29. The fourth-order valence-electron chi connectivity index (χ4n) is 1.97. The second kappa shape index (κ2) is 9.37. The molecule has 0 atom stereocenters. The van der Waals surface area contributed by atoms with Gasteiger partial charge in [-0.1, -0.05) is 18.2 Å². The standard InChI is InChI=1S/C16H27N3O/c1-18(2)16(20)11-7-12-17-13-8-14-19(3)15-9-5-4-6-10-15/h4-6,9-10,17H,7-8,11-14H2,1-3H3. The van der Waals surface area contributed by atoms with Crippen LogP contribution in [0.5, 0.6) is 0 Å². The molecule has 0 aliphatic rings. The Balaban J connectivity index is 2.01. The molecule has 4 nitrogen and oxygen atoms in total. The van der Waals surface area contributed by atoms with Gasteiger partial charge in [-0.2, -0.15) is 0 Å². The van der Waals surface area contributed by atoms with Crippen LogP contribution >= 0.6 is 0 Å². The summed E-state index contributed by atoms with van der Waals surface area (Å²) in [5.41, 5.74) is 1.25. The number of rotatable bonds is 9. The van der Waals surface area contributed by atoms with Crippen LogP contribution in [-0.2, 0) is 4.79 Å². The van der Waals surface area contributed by atoms with Crippen molar-refractivity contribution in [2.24, 2.45) is 0 Å². The van der Waals surface area contributed by atoms with Crippen LogP contribution in [0, 0.1) is 0 Å². The van der Waals surface area contributed by atoms with Gasteiger partial charge in [0, 0.05) is 39.8 Å². The zero-order valence-corrected chi connectivity index (χ0v) is 12.9. The first-order chi connectivity index (χ1) is 9.61. The molecular formula is C16H27N3O. The molecule has 0 heterocycles. The number of amides is 1. The molecule has 0 radical (unpaired) electrons. The summed E-state index contributed by atoms with van der Waals surface area (Å²) < 4.78 is 0. The van der Waals surface area contributed by atoms with Crippen molar-refractivity contribution in [2.45, 2.75) is 19.3 Å². The Labute approximate surface area is 122 Å². The van der Waals surface area contributed by atoms with E-state index in [4.69, 9.17) is 0 Å². The van der Waals surface area contributed by atoms with Crippen LogP contribution in [0.1, 0.15) is 19.3 Å². The van der Waals surface area contributed by atoms with Gasteiger partial charge in [0.05, 0.1) is 0 Å². The van der Waals surface area contributed by atoms with E-state index in [2.05, 4.69) is 41.5 Å². The van der Waals surface area contributed by atoms with Crippen molar-refractivity contribution < 1.29 is 4.79 Å². The van der Waals surface area contributed by atoms with Crippen LogP contribution in [0.3, 0.4) is 0 Å². The molecule has 20 heavy (non-hydrogen) atoms. The molecule has 0 aliphatic carbocycles. The van der Waals surface area contributed by atoms with E-state index in [0.29, 0.717) is 6.42 Å². The van der Waals surface area contributed by atoms with Crippen molar-refractivity contribution >= 4 is 11.6 Å². The van der Waals surface area contributed by atoms with Crippen LogP contribution in [0.4, 0.5) is 5.69 Å². The number of hydrogen-bond acceptors (Lipinski definition) is 3.